The zero-order valence-corrected chi connectivity index (χ0v) is 14.6. The predicted octanol–water partition coefficient (Wildman–Crippen LogP) is -4.29. The molecule has 0 aliphatic rings. The molecule has 0 bridgehead atoms. The Hall–Kier alpha value is 0.0825. The third-order valence-corrected chi connectivity index (χ3v) is 1.96. The second-order valence-electron chi connectivity index (χ2n) is 3.57. The largest absolute Gasteiger partial charge is 0.412 e. The van der Waals surface area contributed by atoms with Gasteiger partial charge >= 0.3 is 10.4 Å². The third kappa shape index (κ3) is 196. The van der Waals surface area contributed by atoms with Gasteiger partial charge in [-0.2, -0.15) is 8.42 Å². The van der Waals surface area contributed by atoms with E-state index in [0.717, 1.165) is 0 Å². The van der Waals surface area contributed by atoms with Crippen LogP contribution in [-0.4, -0.2) is 78.7 Å². The molecule has 0 aromatic rings. The van der Waals surface area contributed by atoms with Crippen molar-refractivity contribution in [3.8, 4) is 0 Å². The molecule has 0 atom stereocenters. The Bertz CT molecular complexity index is 200. The maximum atomic E-state index is 8.74. The molecule has 0 amide bonds. The summed E-state index contributed by atoms with van der Waals surface area (Å²) in [5.41, 5.74) is 0. The van der Waals surface area contributed by atoms with Gasteiger partial charge < -0.3 is 43.8 Å². The van der Waals surface area contributed by atoms with E-state index in [-0.39, 0.29) is 61.2 Å². The number of hydrogen-bond acceptors (Lipinski definition) is 2. The van der Waals surface area contributed by atoms with Crippen molar-refractivity contribution in [1.29, 1.82) is 0 Å². The number of hydrogen-bond donors (Lipinski definition) is 2. The molecule has 0 spiro atoms. The molecule has 0 aromatic heterocycles. The molecule has 164 valence electrons. The van der Waals surface area contributed by atoms with Crippen LogP contribution in [0.3, 0.4) is 0 Å². The van der Waals surface area contributed by atoms with E-state index in [1.807, 2.05) is 0 Å². The molecule has 0 aromatic carbocycles. The molecule has 0 radical (unpaired) electrons. The summed E-state index contributed by atoms with van der Waals surface area (Å²) in [6.07, 6.45) is 11.5. The first-order valence-electron chi connectivity index (χ1n) is 5.61. The predicted molar refractivity (Wildman–Crippen MR) is 101 cm³/mol. The van der Waals surface area contributed by atoms with Crippen LogP contribution in [0.4, 0.5) is 0 Å². The Kier molecular flexibility index (Phi) is 177. The van der Waals surface area contributed by atoms with E-state index in [1.54, 1.807) is 0 Å². The van der Waals surface area contributed by atoms with E-state index in [4.69, 9.17) is 17.5 Å². The first-order chi connectivity index (χ1) is 6.91. The lowest BCUT2D eigenvalue weighted by molar-refractivity contribution is 0.381. The van der Waals surface area contributed by atoms with Gasteiger partial charge in [0.15, 0.2) is 17.4 Å². The number of unbranched alkanes of at least 4 members (excludes halogenated alkanes) is 7. The van der Waals surface area contributed by atoms with Gasteiger partial charge in [-0.3, -0.25) is 9.11 Å². The van der Waals surface area contributed by atoms with Crippen molar-refractivity contribution in [3.05, 3.63) is 0 Å². The van der Waals surface area contributed by atoms with Gasteiger partial charge in [0.1, 0.15) is 0 Å². The first-order valence-corrected chi connectivity index (χ1v) is 7.01. The molecule has 0 heterocycles. The second-order valence-corrected chi connectivity index (χ2v) is 4.46. The van der Waals surface area contributed by atoms with Crippen molar-refractivity contribution in [1.82, 2.24) is 0 Å². The monoisotopic (exact) mass is 414 g/mol. The fraction of sp³-hybridized carbons (Fsp3) is 1.00. The fourth-order valence-corrected chi connectivity index (χ4v) is 1.21. The smallest absolute Gasteiger partial charge is 0.394 e. The first kappa shape index (κ1) is 75.0. The van der Waals surface area contributed by atoms with Crippen LogP contribution < -0.4 is 0 Å². The van der Waals surface area contributed by atoms with Crippen LogP contribution in [0.25, 0.3) is 0 Å². The number of rotatable bonds is 7. The normalized spacial score (nSPS) is 6.67. The lowest BCUT2D eigenvalue weighted by atomic mass is 10.1. The summed E-state index contributed by atoms with van der Waals surface area (Å²) in [6, 6.07) is 0. The highest BCUT2D eigenvalue weighted by molar-refractivity contribution is 7.79. The molecule has 0 unspecified atom stereocenters. The zero-order valence-electron chi connectivity index (χ0n) is 13.8. The maximum absolute atomic E-state index is 8.74. The van der Waals surface area contributed by atoms with Gasteiger partial charge in [-0.25, -0.2) is 0 Å². The average Bonchev–Trinajstić information content (AvgIpc) is 2.08. The highest BCUT2D eigenvalue weighted by Crippen LogP contribution is 2.07. The molecule has 24 heavy (non-hydrogen) atoms. The summed E-state index contributed by atoms with van der Waals surface area (Å²) in [4.78, 5) is 0. The van der Waals surface area contributed by atoms with Crippen molar-refractivity contribution in [2.45, 2.75) is 65.2 Å². The second kappa shape index (κ2) is 56.8. The van der Waals surface area contributed by atoms with Gasteiger partial charge in [-0.1, -0.05) is 65.2 Å². The van der Waals surface area contributed by atoms with E-state index >= 15 is 0 Å². The van der Waals surface area contributed by atoms with Crippen LogP contribution in [0, 0.1) is 0 Å². The van der Waals surface area contributed by atoms with Crippen molar-refractivity contribution in [2.24, 2.45) is 0 Å². The minimum Gasteiger partial charge on any atom is -0.412 e. The molecular formula is C10H43AlO12S. The molecule has 18 N–H and O–H groups in total. The Morgan fingerprint density at radius 3 is 0.792 bits per heavy atom. The van der Waals surface area contributed by atoms with Gasteiger partial charge in [-0.05, 0) is 0 Å². The summed E-state index contributed by atoms with van der Waals surface area (Å²) >= 11 is 0. The van der Waals surface area contributed by atoms with E-state index in [0.29, 0.717) is 0 Å². The summed E-state index contributed by atoms with van der Waals surface area (Å²) < 4.78 is 31.6. The molecule has 0 aliphatic carbocycles. The van der Waals surface area contributed by atoms with Crippen molar-refractivity contribution < 1.29 is 61.3 Å². The Balaban J connectivity index is -0.0000000123. The Morgan fingerprint density at radius 1 is 0.542 bits per heavy atom. The quantitative estimate of drug-likeness (QED) is 0.237. The average molecular weight is 414 g/mol. The highest BCUT2D eigenvalue weighted by atomic mass is 32.3. The van der Waals surface area contributed by atoms with E-state index < -0.39 is 10.4 Å². The molecule has 0 fully saturated rings. The molecule has 0 saturated carbocycles. The van der Waals surface area contributed by atoms with Crippen molar-refractivity contribution in [2.75, 3.05) is 0 Å². The molecule has 14 heteroatoms. The summed E-state index contributed by atoms with van der Waals surface area (Å²) in [5.74, 6) is 0. The zero-order chi connectivity index (χ0) is 12.2. The molecular weight excluding hydrogens is 371 g/mol. The highest BCUT2D eigenvalue weighted by Gasteiger charge is 1.87. The van der Waals surface area contributed by atoms with E-state index in [2.05, 4.69) is 13.8 Å². The van der Waals surface area contributed by atoms with Crippen molar-refractivity contribution in [3.63, 3.8) is 0 Å². The van der Waals surface area contributed by atoms with Gasteiger partial charge in [0.25, 0.3) is 0 Å². The van der Waals surface area contributed by atoms with Crippen LogP contribution in [0.1, 0.15) is 65.2 Å². The van der Waals surface area contributed by atoms with Crippen LogP contribution in [0.2, 0.25) is 0 Å². The van der Waals surface area contributed by atoms with Gasteiger partial charge in [-0.15, -0.1) is 0 Å². The third-order valence-electron chi connectivity index (χ3n) is 1.96. The van der Waals surface area contributed by atoms with Crippen LogP contribution in [-0.2, 0) is 10.4 Å². The van der Waals surface area contributed by atoms with E-state index in [1.165, 1.54) is 51.4 Å². The van der Waals surface area contributed by atoms with Crippen LogP contribution in [0.5, 0.6) is 0 Å². The standard InChI is InChI=1S/C10H22.Al.H2O4S.8H2O.3H/c1-3-5-7-9-10-8-6-4-2;;1-5(2,3)4;;;;;;;;;;;/h3-10H2,1-2H3;;(H2,1,2,3,4);8*1H2;;;. The summed E-state index contributed by atoms with van der Waals surface area (Å²) in [7, 11) is -4.67. The van der Waals surface area contributed by atoms with Gasteiger partial charge in [0.05, 0.1) is 0 Å². The molecule has 0 aliphatic heterocycles. The Labute approximate surface area is 154 Å². The lowest BCUT2D eigenvalue weighted by Gasteiger charge is -1.97. The van der Waals surface area contributed by atoms with Crippen LogP contribution in [0.15, 0.2) is 0 Å². The van der Waals surface area contributed by atoms with Crippen LogP contribution >= 0.6 is 0 Å². The topological polar surface area (TPSA) is 327 Å². The maximum Gasteiger partial charge on any atom is 0.394 e. The van der Waals surface area contributed by atoms with Crippen molar-refractivity contribution >= 4 is 27.8 Å². The molecule has 0 rings (SSSR count). The Morgan fingerprint density at radius 2 is 0.667 bits per heavy atom. The molecule has 12 nitrogen and oxygen atoms in total. The minimum absolute atomic E-state index is 0. The minimum atomic E-state index is -4.67. The lowest BCUT2D eigenvalue weighted by Crippen LogP contribution is -1.89. The fourth-order valence-electron chi connectivity index (χ4n) is 1.21. The summed E-state index contributed by atoms with van der Waals surface area (Å²) in [6.45, 7) is 4.54. The van der Waals surface area contributed by atoms with E-state index in [9.17, 15) is 0 Å². The van der Waals surface area contributed by atoms with Gasteiger partial charge in [0.2, 0.25) is 0 Å². The SMILES string of the molecule is CCCCCCCCCC.O.O.O.O.O.O.O.O.O=S(=O)(O)O.[AlH3]. The molecule has 0 saturated heterocycles. The summed E-state index contributed by atoms with van der Waals surface area (Å²) in [5, 5.41) is 0. The van der Waals surface area contributed by atoms with Gasteiger partial charge in [0, 0.05) is 0 Å².